The Hall–Kier alpha value is -2.08. The minimum absolute atomic E-state index is 0.0353. The fraction of sp³-hybridized carbons (Fsp3) is 0.556. The van der Waals surface area contributed by atoms with E-state index in [-0.39, 0.29) is 11.6 Å². The van der Waals surface area contributed by atoms with Gasteiger partial charge in [-0.15, -0.1) is 0 Å². The normalized spacial score (nSPS) is 21.7. The monoisotopic (exact) mass is 332 g/mol. The number of ether oxygens (including phenoxy) is 1. The van der Waals surface area contributed by atoms with Crippen molar-refractivity contribution in [2.45, 2.75) is 25.8 Å². The topological polar surface area (TPSA) is 78.9 Å². The number of nitrogens with zero attached hydrogens (tertiary/aromatic N) is 1. The van der Waals surface area contributed by atoms with Crippen molar-refractivity contribution in [3.05, 3.63) is 35.4 Å². The lowest BCUT2D eigenvalue weighted by Gasteiger charge is -2.27. The van der Waals surface area contributed by atoms with Crippen LogP contribution in [-0.2, 0) is 11.3 Å². The Morgan fingerprint density at radius 3 is 2.50 bits per heavy atom. The van der Waals surface area contributed by atoms with Crippen LogP contribution in [0.3, 0.4) is 0 Å². The van der Waals surface area contributed by atoms with Crippen molar-refractivity contribution in [3.8, 4) is 0 Å². The summed E-state index contributed by atoms with van der Waals surface area (Å²) in [4.78, 5) is 25.0. The van der Waals surface area contributed by atoms with E-state index in [0.29, 0.717) is 18.4 Å². The van der Waals surface area contributed by atoms with Crippen LogP contribution in [0.4, 0.5) is 4.79 Å². The average Bonchev–Trinajstić information content (AvgIpc) is 3.11. The highest BCUT2D eigenvalue weighted by atomic mass is 16.5. The van der Waals surface area contributed by atoms with E-state index in [9.17, 15) is 9.59 Å². The summed E-state index contributed by atoms with van der Waals surface area (Å²) in [6.45, 7) is 3.75. The third kappa shape index (κ3) is 4.06. The zero-order valence-electron chi connectivity index (χ0n) is 13.7. The van der Waals surface area contributed by atoms with E-state index >= 15 is 0 Å². The van der Waals surface area contributed by atoms with Gasteiger partial charge >= 0.3 is 12.0 Å². The Bertz CT molecular complexity index is 581. The number of amides is 2. The molecule has 1 aromatic rings. The zero-order chi connectivity index (χ0) is 16.9. The maximum Gasteiger partial charge on any atom is 0.335 e. The van der Waals surface area contributed by atoms with Crippen molar-refractivity contribution in [1.29, 1.82) is 0 Å². The Labute approximate surface area is 141 Å². The van der Waals surface area contributed by atoms with Gasteiger partial charge in [0.25, 0.3) is 0 Å². The summed E-state index contributed by atoms with van der Waals surface area (Å²) in [6, 6.07) is 6.55. The first-order valence-electron chi connectivity index (χ1n) is 8.56. The Balaban J connectivity index is 1.46. The summed E-state index contributed by atoms with van der Waals surface area (Å²) in [5, 5.41) is 11.8. The zero-order valence-corrected chi connectivity index (χ0v) is 13.7. The number of likely N-dealkylation sites (tertiary alicyclic amines) is 1. The molecule has 24 heavy (non-hydrogen) atoms. The average molecular weight is 332 g/mol. The summed E-state index contributed by atoms with van der Waals surface area (Å²) in [5.74, 6) is 0.330. The maximum absolute atomic E-state index is 12.3. The number of carboxylic acids is 1. The van der Waals surface area contributed by atoms with Crippen molar-refractivity contribution < 1.29 is 19.4 Å². The van der Waals surface area contributed by atoms with Crippen LogP contribution in [0.25, 0.3) is 0 Å². The van der Waals surface area contributed by atoms with Gasteiger partial charge < -0.3 is 20.1 Å². The number of hydrogen-bond donors (Lipinski definition) is 2. The molecule has 1 unspecified atom stereocenters. The molecule has 2 heterocycles. The number of carbonyl (C=O) groups is 2. The molecular weight excluding hydrogens is 308 g/mol. The minimum atomic E-state index is -0.943. The molecule has 2 saturated heterocycles. The summed E-state index contributed by atoms with van der Waals surface area (Å²) < 4.78 is 5.41. The largest absolute Gasteiger partial charge is 0.478 e. The Kier molecular flexibility index (Phi) is 5.35. The van der Waals surface area contributed by atoms with Gasteiger partial charge in [0.2, 0.25) is 0 Å². The number of benzene rings is 1. The molecule has 0 aromatic heterocycles. The van der Waals surface area contributed by atoms with Crippen molar-refractivity contribution in [2.75, 3.05) is 26.3 Å². The molecular formula is C18H24N2O4. The van der Waals surface area contributed by atoms with Gasteiger partial charge in [0, 0.05) is 32.8 Å². The Morgan fingerprint density at radius 2 is 1.83 bits per heavy atom. The van der Waals surface area contributed by atoms with Crippen molar-refractivity contribution in [3.63, 3.8) is 0 Å². The number of aromatic carboxylic acids is 1. The van der Waals surface area contributed by atoms with E-state index < -0.39 is 5.97 Å². The molecule has 0 saturated carbocycles. The number of carboxylic acid groups (broad SMARTS) is 1. The minimum Gasteiger partial charge on any atom is -0.478 e. The molecule has 0 spiro atoms. The first kappa shape index (κ1) is 16.8. The van der Waals surface area contributed by atoms with Gasteiger partial charge in [0.05, 0.1) is 5.56 Å². The van der Waals surface area contributed by atoms with Gasteiger partial charge in [-0.25, -0.2) is 9.59 Å². The lowest BCUT2D eigenvalue weighted by molar-refractivity contribution is 0.0484. The molecule has 0 bridgehead atoms. The number of nitrogens with one attached hydrogen (secondary N) is 1. The smallest absolute Gasteiger partial charge is 0.335 e. The van der Waals surface area contributed by atoms with Crippen LogP contribution >= 0.6 is 0 Å². The van der Waals surface area contributed by atoms with Gasteiger partial charge in [-0.2, -0.15) is 0 Å². The van der Waals surface area contributed by atoms with Crippen LogP contribution < -0.4 is 5.32 Å². The molecule has 2 aliphatic heterocycles. The highest BCUT2D eigenvalue weighted by molar-refractivity contribution is 5.87. The van der Waals surface area contributed by atoms with Crippen molar-refractivity contribution in [1.82, 2.24) is 10.2 Å². The fourth-order valence-electron chi connectivity index (χ4n) is 3.60. The predicted octanol–water partition coefficient (Wildman–Crippen LogP) is 2.34. The molecule has 6 heteroatoms. The van der Waals surface area contributed by atoms with Gasteiger partial charge in [-0.3, -0.25) is 0 Å². The molecule has 2 N–H and O–H groups in total. The molecule has 0 radical (unpaired) electrons. The second-order valence-corrected chi connectivity index (χ2v) is 6.61. The summed E-state index contributed by atoms with van der Waals surface area (Å²) in [6.07, 6.45) is 3.29. The standard InChI is InChI=1S/C18H24N2O4/c21-17(22)15-3-1-13(2-4-15)11-19-18(23)20-8-5-16(12-20)14-6-9-24-10-7-14/h1-4,14,16H,5-12H2,(H,19,23)(H,21,22). The molecule has 6 nitrogen and oxygen atoms in total. The van der Waals surface area contributed by atoms with Crippen LogP contribution in [0.5, 0.6) is 0 Å². The lowest BCUT2D eigenvalue weighted by atomic mass is 9.85. The van der Waals surface area contributed by atoms with E-state index in [1.807, 2.05) is 4.90 Å². The SMILES string of the molecule is O=C(O)c1ccc(CNC(=O)N2CCC(C3CCOCC3)C2)cc1. The summed E-state index contributed by atoms with van der Waals surface area (Å²) in [7, 11) is 0. The second kappa shape index (κ2) is 7.66. The second-order valence-electron chi connectivity index (χ2n) is 6.61. The van der Waals surface area contributed by atoms with Crippen molar-refractivity contribution in [2.24, 2.45) is 11.8 Å². The van der Waals surface area contributed by atoms with Crippen molar-refractivity contribution >= 4 is 12.0 Å². The molecule has 0 aliphatic carbocycles. The quantitative estimate of drug-likeness (QED) is 0.887. The first-order valence-corrected chi connectivity index (χ1v) is 8.56. The number of rotatable bonds is 4. The first-order chi connectivity index (χ1) is 11.6. The number of carbonyl (C=O) groups excluding carboxylic acids is 1. The third-order valence-electron chi connectivity index (χ3n) is 5.09. The molecule has 1 atom stereocenters. The summed E-state index contributed by atoms with van der Waals surface area (Å²) >= 11 is 0. The van der Waals surface area contributed by atoms with Gasteiger partial charge in [-0.05, 0) is 48.8 Å². The van der Waals surface area contributed by atoms with Crippen LogP contribution in [-0.4, -0.2) is 48.3 Å². The van der Waals surface area contributed by atoms with E-state index in [2.05, 4.69) is 5.32 Å². The Morgan fingerprint density at radius 1 is 1.12 bits per heavy atom. The third-order valence-corrected chi connectivity index (χ3v) is 5.09. The highest BCUT2D eigenvalue weighted by Gasteiger charge is 2.32. The number of hydrogen-bond acceptors (Lipinski definition) is 3. The molecule has 3 rings (SSSR count). The lowest BCUT2D eigenvalue weighted by Crippen LogP contribution is -2.38. The van der Waals surface area contributed by atoms with Gasteiger partial charge in [-0.1, -0.05) is 12.1 Å². The molecule has 2 fully saturated rings. The van der Waals surface area contributed by atoms with Gasteiger partial charge in [0.15, 0.2) is 0 Å². The molecule has 2 amide bonds. The van der Waals surface area contributed by atoms with Crippen LogP contribution in [0.15, 0.2) is 24.3 Å². The predicted molar refractivity (Wildman–Crippen MR) is 88.9 cm³/mol. The van der Waals surface area contributed by atoms with Crippen LogP contribution in [0.1, 0.15) is 35.2 Å². The molecule has 2 aliphatic rings. The van der Waals surface area contributed by atoms with E-state index in [1.165, 1.54) is 0 Å². The van der Waals surface area contributed by atoms with Crippen LogP contribution in [0, 0.1) is 11.8 Å². The highest BCUT2D eigenvalue weighted by Crippen LogP contribution is 2.31. The summed E-state index contributed by atoms with van der Waals surface area (Å²) in [5.41, 5.74) is 1.15. The van der Waals surface area contributed by atoms with E-state index in [4.69, 9.17) is 9.84 Å². The number of urea groups is 1. The van der Waals surface area contributed by atoms with E-state index in [1.54, 1.807) is 24.3 Å². The van der Waals surface area contributed by atoms with Gasteiger partial charge in [0.1, 0.15) is 0 Å². The molecule has 1 aromatic carbocycles. The van der Waals surface area contributed by atoms with E-state index in [0.717, 1.165) is 51.1 Å². The maximum atomic E-state index is 12.3. The van der Waals surface area contributed by atoms with Crippen LogP contribution in [0.2, 0.25) is 0 Å². The molecule has 130 valence electrons. The fourth-order valence-corrected chi connectivity index (χ4v) is 3.60.